The van der Waals surface area contributed by atoms with Gasteiger partial charge in [-0.15, -0.1) is 0 Å². The van der Waals surface area contributed by atoms with Gasteiger partial charge >= 0.3 is 5.79 Å². The molecule has 374 valence electrons. The number of hydrogen-bond acceptors (Lipinski definition) is 13. The quantitative estimate of drug-likeness (QED) is 0.106. The largest absolute Gasteiger partial charge is 0.507 e. The van der Waals surface area contributed by atoms with Gasteiger partial charge in [0.2, 0.25) is 5.43 Å². The van der Waals surface area contributed by atoms with Crippen molar-refractivity contribution in [1.29, 1.82) is 0 Å². The summed E-state index contributed by atoms with van der Waals surface area (Å²) in [6.45, 7) is 24.6. The van der Waals surface area contributed by atoms with Crippen molar-refractivity contribution in [2.75, 3.05) is 37.5 Å². The highest BCUT2D eigenvalue weighted by Gasteiger charge is 2.50. The smallest absolute Gasteiger partial charge is 0.312 e. The van der Waals surface area contributed by atoms with Crippen molar-refractivity contribution in [2.24, 2.45) is 35.5 Å². The highest BCUT2D eigenvalue weighted by molar-refractivity contribution is 6.22. The van der Waals surface area contributed by atoms with Crippen LogP contribution in [-0.4, -0.2) is 100 Å². The van der Waals surface area contributed by atoms with Crippen LogP contribution in [0.2, 0.25) is 0 Å². The van der Waals surface area contributed by atoms with Gasteiger partial charge in [0.1, 0.15) is 28.4 Å². The molecule has 2 aromatic rings. The summed E-state index contributed by atoms with van der Waals surface area (Å²) in [6.07, 6.45) is 8.40. The fraction of sp³-hybridized carbons (Fsp3) is 0.564. The molecule has 4 N–H and O–H groups in total. The van der Waals surface area contributed by atoms with Gasteiger partial charge in [-0.05, 0) is 95.4 Å². The summed E-state index contributed by atoms with van der Waals surface area (Å²) >= 11 is 0. The summed E-state index contributed by atoms with van der Waals surface area (Å²) in [6, 6.07) is 4.97. The lowest BCUT2D eigenvalue weighted by Crippen LogP contribution is -2.45. The molecule has 7 rings (SSSR count). The van der Waals surface area contributed by atoms with E-state index in [-0.39, 0.29) is 74.0 Å². The average molecular weight is 951 g/mol. The van der Waals surface area contributed by atoms with Crippen LogP contribution < -0.4 is 20.4 Å². The molecule has 4 aliphatic heterocycles. The zero-order chi connectivity index (χ0) is 50.5. The zero-order valence-electron chi connectivity index (χ0n) is 43.0. The van der Waals surface area contributed by atoms with Gasteiger partial charge in [0.15, 0.2) is 11.3 Å². The molecule has 1 fully saturated rings. The Labute approximate surface area is 406 Å². The van der Waals surface area contributed by atoms with E-state index in [2.05, 4.69) is 55.9 Å². The highest BCUT2D eigenvalue weighted by atomic mass is 16.7. The van der Waals surface area contributed by atoms with Crippen LogP contribution in [0, 0.1) is 42.4 Å². The molecule has 0 radical (unpaired) electrons. The standard InChI is InChI=1S/C55H74N4O10/c1-27(2)24-36-25-38(59-21-18-37(19-22-59)58(13)28(3)4)26-40-44(36)56-45-41-42-49(62)35(11)51-43(41)53(64)55(12,69-51)67-23-20-39(66-14)32(8)31(7)33(9)48(61)34(10)47(60)29(5)16-15-17-30(6)54(65)57-46(50(42)63)52(45)68-40/h15-17,20,23,25-29,31-34,37,39,47-48,60-62H,18-19,21-22,24H2,1-14H3,(H,57,65)/b16-15+,23-20+,30-17-/t29-,31+,32-,33-,34+,39-,47-,48-,55-/m0/s1. The second kappa shape index (κ2) is 20.2. The minimum Gasteiger partial charge on any atom is -0.507 e. The second-order valence-electron chi connectivity index (χ2n) is 21.0. The number of Topliss-reactive ketones (excluding diaryl/α,β-unsaturated/α-hetero) is 1. The van der Waals surface area contributed by atoms with E-state index in [0.717, 1.165) is 37.2 Å². The van der Waals surface area contributed by atoms with Crippen molar-refractivity contribution in [3.63, 3.8) is 0 Å². The molecule has 14 nitrogen and oxygen atoms in total. The number of aliphatic hydroxyl groups is 2. The number of nitrogens with one attached hydrogen (secondary N) is 1. The van der Waals surface area contributed by atoms with Crippen molar-refractivity contribution in [3.05, 3.63) is 75.2 Å². The number of benzene rings is 3. The first-order chi connectivity index (χ1) is 32.5. The van der Waals surface area contributed by atoms with E-state index in [1.165, 1.54) is 13.2 Å². The van der Waals surface area contributed by atoms with E-state index in [1.807, 2.05) is 40.7 Å². The molecular formula is C55H74N4O10. The molecular weight excluding hydrogens is 877 g/mol. The number of phenols is 1. The van der Waals surface area contributed by atoms with E-state index in [1.54, 1.807) is 45.3 Å². The normalized spacial score (nSPS) is 29.6. The molecule has 1 amide bonds. The number of amides is 1. The maximum Gasteiger partial charge on any atom is 0.312 e. The molecule has 14 heteroatoms. The van der Waals surface area contributed by atoms with Gasteiger partial charge in [-0.2, -0.15) is 0 Å². The van der Waals surface area contributed by atoms with E-state index >= 15 is 4.79 Å². The molecule has 4 bridgehead atoms. The summed E-state index contributed by atoms with van der Waals surface area (Å²) < 4.78 is 25.3. The molecule has 0 unspecified atom stereocenters. The maximum absolute atomic E-state index is 15.1. The number of fused-ring (bicyclic) bond motifs is 2. The van der Waals surface area contributed by atoms with E-state index < -0.39 is 58.8 Å². The number of aliphatic hydroxyl groups excluding tert-OH is 2. The van der Waals surface area contributed by atoms with Crippen LogP contribution in [-0.2, 0) is 20.7 Å². The van der Waals surface area contributed by atoms with Crippen LogP contribution in [0.5, 0.6) is 11.5 Å². The third kappa shape index (κ3) is 9.66. The first kappa shape index (κ1) is 51.6. The first-order valence-electron chi connectivity index (χ1n) is 24.7. The lowest BCUT2D eigenvalue weighted by molar-refractivity contribution is -0.112. The van der Waals surface area contributed by atoms with Crippen LogP contribution in [0.1, 0.15) is 110 Å². The fourth-order valence-corrected chi connectivity index (χ4v) is 10.5. The molecule has 1 aliphatic carbocycles. The third-order valence-corrected chi connectivity index (χ3v) is 15.7. The number of phenolic OH excluding ortho intramolecular Hbond substituents is 1. The number of piperidine rings is 1. The SMILES string of the molecule is CO[C@H]1/C=C/O[C@@]2(C)Oc3c(C)c(O)c4c(=O)c(c5oc6cc(N7CCC(N(C)C(C)C)CC7)cc(CC(C)C)c6nc-5c4c3C2=O)NC(=O)/C(C)=C\C=C\[C@H](C)[C@H](O)[C@@H](C)[C@@H](O)[C@@H](C)[C@H](C)[C@@H]1C. The van der Waals surface area contributed by atoms with Crippen molar-refractivity contribution in [2.45, 2.75) is 139 Å². The van der Waals surface area contributed by atoms with Gasteiger partial charge in [-0.1, -0.05) is 66.7 Å². The number of methoxy groups -OCH3 is 1. The third-order valence-electron chi connectivity index (χ3n) is 15.7. The Morgan fingerprint density at radius 1 is 0.942 bits per heavy atom. The predicted molar refractivity (Wildman–Crippen MR) is 271 cm³/mol. The Morgan fingerprint density at radius 3 is 2.26 bits per heavy atom. The predicted octanol–water partition coefficient (Wildman–Crippen LogP) is 9.16. The molecule has 0 saturated carbocycles. The Bertz CT molecular complexity index is 2710. The summed E-state index contributed by atoms with van der Waals surface area (Å²) in [5, 5.41) is 37.6. The minimum atomic E-state index is -1.95. The van der Waals surface area contributed by atoms with E-state index in [9.17, 15) is 24.9 Å². The molecule has 5 aliphatic rings. The summed E-state index contributed by atoms with van der Waals surface area (Å²) in [4.78, 5) is 54.3. The number of nitrogens with zero attached hydrogens (tertiary/aromatic N) is 3. The van der Waals surface area contributed by atoms with E-state index in [4.69, 9.17) is 23.6 Å². The number of ketones is 1. The Morgan fingerprint density at radius 2 is 1.62 bits per heavy atom. The number of ether oxygens (including phenoxy) is 3. The molecule has 2 aromatic carbocycles. The van der Waals surface area contributed by atoms with Gasteiger partial charge < -0.3 is 49.1 Å². The number of aromatic hydroxyl groups is 1. The van der Waals surface area contributed by atoms with Gasteiger partial charge in [-0.3, -0.25) is 14.4 Å². The first-order valence-corrected chi connectivity index (χ1v) is 24.7. The average Bonchev–Trinajstić information content (AvgIpc) is 3.59. The summed E-state index contributed by atoms with van der Waals surface area (Å²) in [5.41, 5.74) is 2.16. The molecule has 4 heterocycles. The zero-order valence-corrected chi connectivity index (χ0v) is 43.0. The van der Waals surface area contributed by atoms with Crippen LogP contribution in [0.3, 0.4) is 0 Å². The van der Waals surface area contributed by atoms with E-state index in [0.29, 0.717) is 29.6 Å². The Kier molecular flexibility index (Phi) is 15.1. The number of carbonyl (C=O) groups excluding carboxylic acids is 2. The highest BCUT2D eigenvalue weighted by Crippen LogP contribution is 2.51. The number of hydrogen-bond donors (Lipinski definition) is 4. The second-order valence-corrected chi connectivity index (χ2v) is 21.0. The number of aromatic nitrogens is 1. The van der Waals surface area contributed by atoms with Crippen molar-refractivity contribution < 1.29 is 43.5 Å². The van der Waals surface area contributed by atoms with Crippen molar-refractivity contribution in [3.8, 4) is 23.0 Å². The van der Waals surface area contributed by atoms with Crippen LogP contribution in [0.4, 0.5) is 11.4 Å². The number of rotatable bonds is 6. The Hall–Kier alpha value is -5.28. The summed E-state index contributed by atoms with van der Waals surface area (Å²) in [5.74, 6) is -4.86. The van der Waals surface area contributed by atoms with Gasteiger partial charge in [0, 0.05) is 79.3 Å². The monoisotopic (exact) mass is 951 g/mol. The van der Waals surface area contributed by atoms with Gasteiger partial charge in [0.25, 0.3) is 11.7 Å². The van der Waals surface area contributed by atoms with Crippen LogP contribution in [0.15, 0.2) is 57.5 Å². The maximum atomic E-state index is 15.1. The Balaban J connectivity index is 1.46. The fourth-order valence-electron chi connectivity index (χ4n) is 10.5. The van der Waals surface area contributed by atoms with Crippen LogP contribution in [0.25, 0.3) is 33.3 Å². The lowest BCUT2D eigenvalue weighted by atomic mass is 9.74. The summed E-state index contributed by atoms with van der Waals surface area (Å²) in [7, 11) is 3.75. The molecule has 0 aromatic heterocycles. The number of anilines is 2. The molecule has 0 spiro atoms. The number of carbonyl (C=O) groups is 2. The number of allylic oxidation sites excluding steroid dienone is 2. The minimum absolute atomic E-state index is 0.0105. The van der Waals surface area contributed by atoms with Gasteiger partial charge in [0.05, 0.1) is 35.5 Å². The topological polar surface area (TPSA) is 184 Å². The van der Waals surface area contributed by atoms with Crippen molar-refractivity contribution >= 4 is 44.9 Å². The van der Waals surface area contributed by atoms with Crippen molar-refractivity contribution in [1.82, 2.24) is 9.88 Å². The molecule has 1 saturated heterocycles. The molecule has 9 atom stereocenters. The lowest BCUT2D eigenvalue weighted by Gasteiger charge is -2.39. The van der Waals surface area contributed by atoms with Gasteiger partial charge in [-0.25, -0.2) is 4.98 Å². The van der Waals surface area contributed by atoms with Crippen LogP contribution >= 0.6 is 0 Å². The molecule has 69 heavy (non-hydrogen) atoms.